The summed E-state index contributed by atoms with van der Waals surface area (Å²) in [7, 11) is 0. The van der Waals surface area contributed by atoms with E-state index in [1.165, 1.54) is 12.1 Å². The molecule has 2 aromatic carbocycles. The first-order valence-electron chi connectivity index (χ1n) is 6.43. The number of anilines is 1. The molecule has 2 rings (SSSR count). The normalized spacial score (nSPS) is 9.92. The molecule has 0 saturated heterocycles. The van der Waals surface area contributed by atoms with Crippen molar-refractivity contribution in [1.29, 1.82) is 0 Å². The molecule has 24 heavy (non-hydrogen) atoms. The van der Waals surface area contributed by atoms with Gasteiger partial charge < -0.3 is 5.32 Å². The van der Waals surface area contributed by atoms with Crippen molar-refractivity contribution in [3.8, 4) is 0 Å². The Morgan fingerprint density at radius 1 is 1.04 bits per heavy atom. The SMILES string of the molecule is O=C(NNC(=S)Nc1ccc(Cl)cc1)c1ccc(Cl)cc1[N+](=O)[O-]. The molecule has 0 unspecified atom stereocenters. The van der Waals surface area contributed by atoms with Gasteiger partial charge in [-0.05, 0) is 48.6 Å². The van der Waals surface area contributed by atoms with Gasteiger partial charge in [0, 0.05) is 21.8 Å². The number of carbonyl (C=O) groups is 1. The standard InChI is InChI=1S/C14H10Cl2N4O3S/c15-8-1-4-10(5-2-8)17-14(24)19-18-13(21)11-6-3-9(16)7-12(11)20(22)23/h1-7H,(H,18,21)(H2,17,19,24). The molecule has 2 aromatic rings. The third-order valence-electron chi connectivity index (χ3n) is 2.79. The maximum Gasteiger partial charge on any atom is 0.283 e. The fourth-order valence-electron chi connectivity index (χ4n) is 1.72. The number of rotatable bonds is 3. The van der Waals surface area contributed by atoms with E-state index >= 15 is 0 Å². The second kappa shape index (κ2) is 7.91. The first-order valence-corrected chi connectivity index (χ1v) is 7.60. The fourth-order valence-corrected chi connectivity index (χ4v) is 2.19. The summed E-state index contributed by atoms with van der Waals surface area (Å²) in [4.78, 5) is 22.4. The van der Waals surface area contributed by atoms with E-state index < -0.39 is 16.5 Å². The van der Waals surface area contributed by atoms with Gasteiger partial charge in [-0.15, -0.1) is 0 Å². The Morgan fingerprint density at radius 3 is 2.29 bits per heavy atom. The Bertz CT molecular complexity index is 799. The number of halogens is 2. The van der Waals surface area contributed by atoms with E-state index in [0.29, 0.717) is 10.7 Å². The summed E-state index contributed by atoms with van der Waals surface area (Å²) in [6, 6.07) is 10.5. The number of amides is 1. The number of hydrazine groups is 1. The van der Waals surface area contributed by atoms with Crippen molar-refractivity contribution in [3.05, 3.63) is 68.2 Å². The Labute approximate surface area is 152 Å². The van der Waals surface area contributed by atoms with E-state index in [1.54, 1.807) is 24.3 Å². The topological polar surface area (TPSA) is 96.3 Å². The summed E-state index contributed by atoms with van der Waals surface area (Å²) in [5.41, 5.74) is 4.84. The van der Waals surface area contributed by atoms with Crippen LogP contribution >= 0.6 is 35.4 Å². The van der Waals surface area contributed by atoms with Crippen molar-refractivity contribution in [2.75, 3.05) is 5.32 Å². The van der Waals surface area contributed by atoms with Crippen LogP contribution in [0.3, 0.4) is 0 Å². The van der Waals surface area contributed by atoms with E-state index in [1.807, 2.05) is 0 Å². The van der Waals surface area contributed by atoms with Gasteiger partial charge >= 0.3 is 0 Å². The van der Waals surface area contributed by atoms with Crippen LogP contribution in [0.1, 0.15) is 10.4 Å². The van der Waals surface area contributed by atoms with Crippen molar-refractivity contribution < 1.29 is 9.72 Å². The summed E-state index contributed by atoms with van der Waals surface area (Å²) in [6.07, 6.45) is 0. The Balaban J connectivity index is 1.99. The van der Waals surface area contributed by atoms with Gasteiger partial charge in [0.05, 0.1) is 4.92 Å². The van der Waals surface area contributed by atoms with Crippen molar-refractivity contribution in [3.63, 3.8) is 0 Å². The van der Waals surface area contributed by atoms with E-state index in [4.69, 9.17) is 35.4 Å². The lowest BCUT2D eigenvalue weighted by Crippen LogP contribution is -2.43. The zero-order chi connectivity index (χ0) is 17.7. The summed E-state index contributed by atoms with van der Waals surface area (Å²) >= 11 is 16.5. The smallest absolute Gasteiger partial charge is 0.283 e. The Morgan fingerprint density at radius 2 is 1.67 bits per heavy atom. The lowest BCUT2D eigenvalue weighted by Gasteiger charge is -2.11. The Kier molecular flexibility index (Phi) is 5.91. The first-order chi connectivity index (χ1) is 11.4. The largest absolute Gasteiger partial charge is 0.331 e. The Hall–Kier alpha value is -2.42. The highest BCUT2D eigenvalue weighted by molar-refractivity contribution is 7.80. The molecule has 0 aliphatic carbocycles. The third-order valence-corrected chi connectivity index (χ3v) is 3.48. The molecule has 0 spiro atoms. The summed E-state index contributed by atoms with van der Waals surface area (Å²) in [5, 5.41) is 14.6. The number of thiocarbonyl (C=S) groups is 1. The van der Waals surface area contributed by atoms with Crippen LogP contribution in [0.15, 0.2) is 42.5 Å². The van der Waals surface area contributed by atoms with Crippen LogP contribution in [0.25, 0.3) is 0 Å². The minimum Gasteiger partial charge on any atom is -0.331 e. The number of nitrogens with zero attached hydrogens (tertiary/aromatic N) is 1. The maximum atomic E-state index is 12.1. The van der Waals surface area contributed by atoms with Crippen LogP contribution < -0.4 is 16.2 Å². The number of benzene rings is 2. The number of hydrogen-bond donors (Lipinski definition) is 3. The highest BCUT2D eigenvalue weighted by atomic mass is 35.5. The lowest BCUT2D eigenvalue weighted by atomic mass is 10.2. The molecular formula is C14H10Cl2N4O3S. The van der Waals surface area contributed by atoms with E-state index in [2.05, 4.69) is 16.2 Å². The number of nitro groups is 1. The molecular weight excluding hydrogens is 375 g/mol. The molecule has 0 aromatic heterocycles. The second-order valence-electron chi connectivity index (χ2n) is 4.46. The van der Waals surface area contributed by atoms with Gasteiger partial charge in [-0.25, -0.2) is 0 Å². The molecule has 0 bridgehead atoms. The van der Waals surface area contributed by atoms with Crippen LogP contribution in [0.5, 0.6) is 0 Å². The van der Waals surface area contributed by atoms with Crippen molar-refractivity contribution >= 4 is 57.8 Å². The molecule has 3 N–H and O–H groups in total. The molecule has 0 fully saturated rings. The van der Waals surface area contributed by atoms with Gasteiger partial charge in [-0.3, -0.25) is 25.8 Å². The quantitative estimate of drug-likeness (QED) is 0.425. The van der Waals surface area contributed by atoms with Gasteiger partial charge in [0.15, 0.2) is 5.11 Å². The number of hydrogen-bond acceptors (Lipinski definition) is 4. The van der Waals surface area contributed by atoms with Crippen LogP contribution in [0.4, 0.5) is 11.4 Å². The van der Waals surface area contributed by atoms with Crippen molar-refractivity contribution in [2.24, 2.45) is 0 Å². The molecule has 10 heteroatoms. The van der Waals surface area contributed by atoms with E-state index in [-0.39, 0.29) is 15.7 Å². The predicted octanol–water partition coefficient (Wildman–Crippen LogP) is 3.53. The van der Waals surface area contributed by atoms with Crippen LogP contribution in [-0.2, 0) is 0 Å². The average Bonchev–Trinajstić information content (AvgIpc) is 2.54. The van der Waals surface area contributed by atoms with Gasteiger partial charge in [0.2, 0.25) is 0 Å². The summed E-state index contributed by atoms with van der Waals surface area (Å²) in [6.45, 7) is 0. The molecule has 1 amide bonds. The molecule has 0 aliphatic rings. The van der Waals surface area contributed by atoms with Gasteiger partial charge in [0.25, 0.3) is 11.6 Å². The molecule has 0 aliphatic heterocycles. The van der Waals surface area contributed by atoms with Gasteiger partial charge in [-0.1, -0.05) is 23.2 Å². The summed E-state index contributed by atoms with van der Waals surface area (Å²) in [5.74, 6) is -0.723. The number of nitro benzene ring substituents is 1. The zero-order valence-corrected chi connectivity index (χ0v) is 14.2. The predicted molar refractivity (Wildman–Crippen MR) is 96.4 cm³/mol. The molecule has 7 nitrogen and oxygen atoms in total. The number of carbonyl (C=O) groups excluding carboxylic acids is 1. The fraction of sp³-hybridized carbons (Fsp3) is 0. The molecule has 0 saturated carbocycles. The van der Waals surface area contributed by atoms with Crippen LogP contribution in [0, 0.1) is 10.1 Å². The van der Waals surface area contributed by atoms with Crippen molar-refractivity contribution in [1.82, 2.24) is 10.9 Å². The number of nitrogens with one attached hydrogen (secondary N) is 3. The minimum atomic E-state index is -0.723. The van der Waals surface area contributed by atoms with Crippen LogP contribution in [-0.4, -0.2) is 15.9 Å². The summed E-state index contributed by atoms with van der Waals surface area (Å²) < 4.78 is 0. The monoisotopic (exact) mass is 384 g/mol. The highest BCUT2D eigenvalue weighted by Crippen LogP contribution is 2.22. The lowest BCUT2D eigenvalue weighted by molar-refractivity contribution is -0.385. The van der Waals surface area contributed by atoms with Gasteiger partial charge in [-0.2, -0.15) is 0 Å². The van der Waals surface area contributed by atoms with Crippen molar-refractivity contribution in [2.45, 2.75) is 0 Å². The third kappa shape index (κ3) is 4.79. The van der Waals surface area contributed by atoms with E-state index in [0.717, 1.165) is 6.07 Å². The maximum absolute atomic E-state index is 12.1. The second-order valence-corrected chi connectivity index (χ2v) is 5.74. The first kappa shape index (κ1) is 17.9. The minimum absolute atomic E-state index is 0.0993. The zero-order valence-electron chi connectivity index (χ0n) is 11.9. The molecule has 0 atom stereocenters. The molecule has 0 radical (unpaired) electrons. The average molecular weight is 385 g/mol. The highest BCUT2D eigenvalue weighted by Gasteiger charge is 2.20. The molecule has 0 heterocycles. The molecule has 124 valence electrons. The van der Waals surface area contributed by atoms with Crippen LogP contribution in [0.2, 0.25) is 10.0 Å². The van der Waals surface area contributed by atoms with E-state index in [9.17, 15) is 14.9 Å². The van der Waals surface area contributed by atoms with Gasteiger partial charge in [0.1, 0.15) is 5.56 Å².